The summed E-state index contributed by atoms with van der Waals surface area (Å²) in [5.41, 5.74) is 17.5. The van der Waals surface area contributed by atoms with Crippen LogP contribution in [0.2, 0.25) is 0 Å². The molecule has 4 aromatic carbocycles. The van der Waals surface area contributed by atoms with E-state index in [0.29, 0.717) is 47.2 Å². The molecule has 45 heavy (non-hydrogen) atoms. The lowest BCUT2D eigenvalue weighted by Crippen LogP contribution is -2.56. The van der Waals surface area contributed by atoms with Crippen LogP contribution in [0.1, 0.15) is 73.9 Å². The van der Waals surface area contributed by atoms with Crippen molar-refractivity contribution in [3.05, 3.63) is 81.9 Å². The third-order valence-corrected chi connectivity index (χ3v) is 9.17. The van der Waals surface area contributed by atoms with Gasteiger partial charge in [0.1, 0.15) is 46.0 Å². The normalized spacial score (nSPS) is 17.1. The maximum atomic E-state index is 10.1. The minimum atomic E-state index is -0.891. The monoisotopic (exact) mass is 610 g/mol. The first-order chi connectivity index (χ1) is 21.0. The Hall–Kier alpha value is -4.72. The number of phenols is 2. The zero-order valence-electron chi connectivity index (χ0n) is 27.2. The Labute approximate surface area is 264 Å². The van der Waals surface area contributed by atoms with Gasteiger partial charge in [-0.1, -0.05) is 27.7 Å². The maximum Gasteiger partial charge on any atom is 0.252 e. The smallest absolute Gasteiger partial charge is 0.252 e. The third-order valence-electron chi connectivity index (χ3n) is 9.17. The molecule has 0 saturated carbocycles. The van der Waals surface area contributed by atoms with Crippen LogP contribution in [-0.2, 0) is 10.8 Å². The third kappa shape index (κ3) is 5.12. The number of benzene rings is 4. The Kier molecular flexibility index (Phi) is 6.84. The van der Waals surface area contributed by atoms with Crippen LogP contribution >= 0.6 is 0 Å². The standard InChI is InChI=1S/C37H42N2O6/c1-19-13-29(42-23-9-11-25(38)27(40)15-23)21(3)31-33(19)44-37(17-35(31,5)6)18-36(7,8)32-22(4)30(14-20(2)34(32)45-37)43-24-10-12-26(39)28(41)16-24/h9-16,40-41H,17-18,38-39H2,1-8H3. The largest absolute Gasteiger partial charge is 0.506 e. The second-order valence-corrected chi connectivity index (χ2v) is 13.9. The van der Waals surface area contributed by atoms with Crippen molar-refractivity contribution in [3.63, 3.8) is 0 Å². The SMILES string of the molecule is Cc1cc(Oc2ccc(N)c(O)c2)c(C)c2c1OC1(CC2(C)C)CC(C)(C)c2c(C)c(Oc3ccc(N)c(O)c3)cc(C)c2O1. The van der Waals surface area contributed by atoms with E-state index in [0.717, 1.165) is 44.9 Å². The van der Waals surface area contributed by atoms with Crippen molar-refractivity contribution in [3.8, 4) is 46.0 Å². The average molecular weight is 611 g/mol. The van der Waals surface area contributed by atoms with E-state index in [-0.39, 0.29) is 22.3 Å². The summed E-state index contributed by atoms with van der Waals surface area (Å²) in [5, 5.41) is 20.2. The zero-order valence-corrected chi connectivity index (χ0v) is 27.2. The summed E-state index contributed by atoms with van der Waals surface area (Å²) in [5.74, 6) is 3.11. The Balaban J connectivity index is 1.38. The predicted octanol–water partition coefficient (Wildman–Crippen LogP) is 8.60. The first-order valence-electron chi connectivity index (χ1n) is 15.2. The van der Waals surface area contributed by atoms with E-state index < -0.39 is 5.79 Å². The molecule has 0 bridgehead atoms. The minimum absolute atomic E-state index is 0.0171. The molecule has 0 aliphatic carbocycles. The molecule has 6 N–H and O–H groups in total. The van der Waals surface area contributed by atoms with Crippen LogP contribution in [-0.4, -0.2) is 16.0 Å². The van der Waals surface area contributed by atoms with Crippen molar-refractivity contribution >= 4 is 11.4 Å². The molecule has 2 heterocycles. The molecule has 2 aliphatic heterocycles. The molecule has 0 atom stereocenters. The minimum Gasteiger partial charge on any atom is -0.506 e. The highest BCUT2D eigenvalue weighted by Gasteiger charge is 2.55. The van der Waals surface area contributed by atoms with Gasteiger partial charge in [0.25, 0.3) is 5.79 Å². The summed E-state index contributed by atoms with van der Waals surface area (Å²) in [4.78, 5) is 0. The second-order valence-electron chi connectivity index (χ2n) is 13.9. The van der Waals surface area contributed by atoms with Crippen LogP contribution in [0, 0.1) is 27.7 Å². The quantitative estimate of drug-likeness (QED) is 0.134. The van der Waals surface area contributed by atoms with Crippen LogP contribution < -0.4 is 30.4 Å². The number of aromatic hydroxyl groups is 2. The van der Waals surface area contributed by atoms with Gasteiger partial charge >= 0.3 is 0 Å². The van der Waals surface area contributed by atoms with Gasteiger partial charge in [0.15, 0.2) is 0 Å². The van der Waals surface area contributed by atoms with E-state index in [4.69, 9.17) is 30.4 Å². The molecule has 8 heteroatoms. The number of hydrogen-bond donors (Lipinski definition) is 4. The molecule has 236 valence electrons. The van der Waals surface area contributed by atoms with Gasteiger partial charge in [0.2, 0.25) is 0 Å². The van der Waals surface area contributed by atoms with E-state index in [1.54, 1.807) is 24.3 Å². The molecule has 0 fully saturated rings. The van der Waals surface area contributed by atoms with Crippen LogP contribution in [0.5, 0.6) is 46.0 Å². The molecule has 8 nitrogen and oxygen atoms in total. The maximum absolute atomic E-state index is 10.1. The number of nitrogens with two attached hydrogens (primary N) is 2. The topological polar surface area (TPSA) is 129 Å². The molecule has 0 radical (unpaired) electrons. The highest BCUT2D eigenvalue weighted by Crippen LogP contribution is 2.58. The van der Waals surface area contributed by atoms with Gasteiger partial charge in [-0.2, -0.15) is 0 Å². The number of anilines is 2. The van der Waals surface area contributed by atoms with Crippen molar-refractivity contribution in [2.75, 3.05) is 11.5 Å². The summed E-state index contributed by atoms with van der Waals surface area (Å²) in [7, 11) is 0. The first kappa shape index (κ1) is 30.3. The highest BCUT2D eigenvalue weighted by atomic mass is 16.7. The van der Waals surface area contributed by atoms with Gasteiger partial charge in [0.05, 0.1) is 11.4 Å². The van der Waals surface area contributed by atoms with E-state index in [2.05, 4.69) is 27.7 Å². The number of nitrogen functional groups attached to an aromatic ring is 2. The highest BCUT2D eigenvalue weighted by molar-refractivity contribution is 5.62. The molecule has 0 amide bonds. The lowest BCUT2D eigenvalue weighted by atomic mass is 9.67. The molecule has 4 aromatic rings. The van der Waals surface area contributed by atoms with Gasteiger partial charge in [-0.3, -0.25) is 0 Å². The zero-order chi connectivity index (χ0) is 32.6. The average Bonchev–Trinajstić information content (AvgIpc) is 2.92. The number of phenolic OH excluding ortho intramolecular Hbond substituents is 2. The molecule has 2 aliphatic rings. The fourth-order valence-electron chi connectivity index (χ4n) is 7.38. The van der Waals surface area contributed by atoms with Gasteiger partial charge in [-0.25, -0.2) is 0 Å². The van der Waals surface area contributed by atoms with E-state index in [1.165, 1.54) is 12.1 Å². The molecular formula is C37H42N2O6. The molecule has 0 aromatic heterocycles. The van der Waals surface area contributed by atoms with Crippen molar-refractivity contribution in [2.45, 2.75) is 84.8 Å². The van der Waals surface area contributed by atoms with Crippen molar-refractivity contribution in [2.24, 2.45) is 0 Å². The van der Waals surface area contributed by atoms with Crippen molar-refractivity contribution in [1.29, 1.82) is 0 Å². The van der Waals surface area contributed by atoms with E-state index in [9.17, 15) is 10.2 Å². The predicted molar refractivity (Wildman–Crippen MR) is 176 cm³/mol. The molecular weight excluding hydrogens is 568 g/mol. The Bertz CT molecular complexity index is 1720. The molecule has 0 saturated heterocycles. The Morgan fingerprint density at radius 2 is 1.00 bits per heavy atom. The van der Waals surface area contributed by atoms with E-state index in [1.807, 2.05) is 39.8 Å². The van der Waals surface area contributed by atoms with E-state index >= 15 is 0 Å². The summed E-state index contributed by atoms with van der Waals surface area (Å²) in [6.07, 6.45) is 1.26. The number of fused-ring (bicyclic) bond motifs is 2. The molecule has 1 spiro atoms. The fraction of sp³-hybridized carbons (Fsp3) is 0.351. The van der Waals surface area contributed by atoms with Crippen LogP contribution in [0.4, 0.5) is 11.4 Å². The Morgan fingerprint density at radius 3 is 1.36 bits per heavy atom. The number of hydrogen-bond acceptors (Lipinski definition) is 8. The Morgan fingerprint density at radius 1 is 0.622 bits per heavy atom. The fourth-order valence-corrected chi connectivity index (χ4v) is 7.38. The summed E-state index contributed by atoms with van der Waals surface area (Å²) in [6, 6.07) is 13.8. The lowest BCUT2D eigenvalue weighted by Gasteiger charge is -2.52. The molecule has 6 rings (SSSR count). The number of rotatable bonds is 4. The van der Waals surface area contributed by atoms with Gasteiger partial charge in [0, 0.05) is 46.9 Å². The lowest BCUT2D eigenvalue weighted by molar-refractivity contribution is -0.167. The van der Waals surface area contributed by atoms with Gasteiger partial charge < -0.3 is 40.6 Å². The number of ether oxygens (including phenoxy) is 4. The van der Waals surface area contributed by atoms with Crippen LogP contribution in [0.15, 0.2) is 48.5 Å². The van der Waals surface area contributed by atoms with Crippen LogP contribution in [0.25, 0.3) is 0 Å². The van der Waals surface area contributed by atoms with Crippen molar-refractivity contribution < 1.29 is 29.2 Å². The number of aryl methyl sites for hydroxylation is 2. The van der Waals surface area contributed by atoms with Gasteiger partial charge in [-0.05, 0) is 86.3 Å². The summed E-state index contributed by atoms with van der Waals surface area (Å²) >= 11 is 0. The van der Waals surface area contributed by atoms with Gasteiger partial charge in [-0.15, -0.1) is 0 Å². The summed E-state index contributed by atoms with van der Waals surface area (Å²) in [6.45, 7) is 17.0. The summed E-state index contributed by atoms with van der Waals surface area (Å²) < 4.78 is 26.5. The second kappa shape index (κ2) is 10.2. The van der Waals surface area contributed by atoms with Crippen molar-refractivity contribution in [1.82, 2.24) is 0 Å². The molecule has 0 unspecified atom stereocenters. The van der Waals surface area contributed by atoms with Crippen LogP contribution in [0.3, 0.4) is 0 Å². The first-order valence-corrected chi connectivity index (χ1v) is 15.2.